The van der Waals surface area contributed by atoms with Crippen LogP contribution in [0, 0.1) is 5.92 Å². The molecular weight excluding hydrogens is 204 g/mol. The van der Waals surface area contributed by atoms with E-state index in [4.69, 9.17) is 4.74 Å². The van der Waals surface area contributed by atoms with E-state index in [0.717, 1.165) is 45.4 Å². The van der Waals surface area contributed by atoms with E-state index in [9.17, 15) is 4.79 Å². The molecule has 0 aliphatic carbocycles. The van der Waals surface area contributed by atoms with Crippen molar-refractivity contribution in [1.29, 1.82) is 0 Å². The standard InChI is InChI=1S/C12H24N2O2/c1-2-3-8-16-9-7-14-12(15)11-5-4-6-13-10-11/h11,13H,2-10H2,1H3,(H,14,15). The molecule has 1 aliphatic rings. The third kappa shape index (κ3) is 5.47. The molecule has 1 atom stereocenters. The third-order valence-corrected chi connectivity index (χ3v) is 2.86. The zero-order chi connectivity index (χ0) is 11.6. The SMILES string of the molecule is CCCCOCCNC(=O)C1CCCNC1. The summed E-state index contributed by atoms with van der Waals surface area (Å²) in [6.07, 6.45) is 4.36. The highest BCUT2D eigenvalue weighted by molar-refractivity contribution is 5.78. The van der Waals surface area contributed by atoms with Crippen molar-refractivity contribution in [3.63, 3.8) is 0 Å². The van der Waals surface area contributed by atoms with Crippen molar-refractivity contribution in [3.8, 4) is 0 Å². The fraction of sp³-hybridized carbons (Fsp3) is 0.917. The molecule has 0 saturated carbocycles. The molecule has 0 aromatic rings. The van der Waals surface area contributed by atoms with Crippen molar-refractivity contribution in [2.24, 2.45) is 5.92 Å². The zero-order valence-electron chi connectivity index (χ0n) is 10.3. The summed E-state index contributed by atoms with van der Waals surface area (Å²) in [6, 6.07) is 0. The van der Waals surface area contributed by atoms with Gasteiger partial charge in [-0.25, -0.2) is 0 Å². The van der Waals surface area contributed by atoms with Crippen LogP contribution >= 0.6 is 0 Å². The Labute approximate surface area is 98.1 Å². The summed E-state index contributed by atoms with van der Waals surface area (Å²) in [5.74, 6) is 0.329. The van der Waals surface area contributed by atoms with Crippen molar-refractivity contribution >= 4 is 5.91 Å². The van der Waals surface area contributed by atoms with Gasteiger partial charge < -0.3 is 15.4 Å². The molecule has 1 amide bonds. The topological polar surface area (TPSA) is 50.4 Å². The number of carbonyl (C=O) groups excluding carboxylic acids is 1. The van der Waals surface area contributed by atoms with E-state index >= 15 is 0 Å². The molecule has 0 bridgehead atoms. The van der Waals surface area contributed by atoms with Crippen LogP contribution in [0.4, 0.5) is 0 Å². The minimum Gasteiger partial charge on any atom is -0.380 e. The van der Waals surface area contributed by atoms with E-state index in [1.807, 2.05) is 0 Å². The average Bonchev–Trinajstić information content (AvgIpc) is 2.34. The molecule has 0 spiro atoms. The Hall–Kier alpha value is -0.610. The van der Waals surface area contributed by atoms with Gasteiger partial charge in [0.05, 0.1) is 12.5 Å². The summed E-state index contributed by atoms with van der Waals surface area (Å²) in [7, 11) is 0. The first-order valence-corrected chi connectivity index (χ1v) is 6.40. The monoisotopic (exact) mass is 228 g/mol. The molecule has 2 N–H and O–H groups in total. The minimum atomic E-state index is 0.157. The maximum absolute atomic E-state index is 11.7. The number of ether oxygens (including phenoxy) is 1. The zero-order valence-corrected chi connectivity index (χ0v) is 10.3. The van der Waals surface area contributed by atoms with Gasteiger partial charge in [0.2, 0.25) is 5.91 Å². The fourth-order valence-corrected chi connectivity index (χ4v) is 1.81. The summed E-state index contributed by atoms with van der Waals surface area (Å²) in [4.78, 5) is 11.7. The molecule has 1 unspecified atom stereocenters. The van der Waals surface area contributed by atoms with Gasteiger partial charge in [0.15, 0.2) is 0 Å². The Morgan fingerprint density at radius 1 is 1.50 bits per heavy atom. The van der Waals surface area contributed by atoms with Gasteiger partial charge in [0, 0.05) is 19.7 Å². The molecule has 1 rings (SSSR count). The first-order valence-electron chi connectivity index (χ1n) is 6.40. The highest BCUT2D eigenvalue weighted by Gasteiger charge is 2.19. The van der Waals surface area contributed by atoms with Gasteiger partial charge >= 0.3 is 0 Å². The molecule has 0 radical (unpaired) electrons. The largest absolute Gasteiger partial charge is 0.380 e. The van der Waals surface area contributed by atoms with E-state index in [0.29, 0.717) is 13.2 Å². The maximum atomic E-state index is 11.7. The number of hydrogen-bond acceptors (Lipinski definition) is 3. The molecule has 1 heterocycles. The number of nitrogens with one attached hydrogen (secondary N) is 2. The Kier molecular flexibility index (Phi) is 7.17. The molecule has 1 aliphatic heterocycles. The van der Waals surface area contributed by atoms with Gasteiger partial charge in [-0.2, -0.15) is 0 Å². The minimum absolute atomic E-state index is 0.157. The van der Waals surface area contributed by atoms with Crippen molar-refractivity contribution in [2.45, 2.75) is 32.6 Å². The predicted molar refractivity (Wildman–Crippen MR) is 64.3 cm³/mol. The van der Waals surface area contributed by atoms with Crippen LogP contribution in [-0.4, -0.2) is 38.8 Å². The van der Waals surface area contributed by atoms with Gasteiger partial charge in [-0.15, -0.1) is 0 Å². The van der Waals surface area contributed by atoms with Gasteiger partial charge in [-0.05, 0) is 25.8 Å². The van der Waals surface area contributed by atoms with Gasteiger partial charge in [0.25, 0.3) is 0 Å². The Bertz CT molecular complexity index is 191. The molecule has 0 aromatic carbocycles. The second kappa shape index (κ2) is 8.53. The number of hydrogen-bond donors (Lipinski definition) is 2. The molecular formula is C12H24N2O2. The highest BCUT2D eigenvalue weighted by Crippen LogP contribution is 2.09. The van der Waals surface area contributed by atoms with Crippen LogP contribution in [-0.2, 0) is 9.53 Å². The van der Waals surface area contributed by atoms with E-state index in [2.05, 4.69) is 17.6 Å². The van der Waals surface area contributed by atoms with Crippen molar-refractivity contribution in [1.82, 2.24) is 10.6 Å². The normalized spacial score (nSPS) is 20.7. The lowest BCUT2D eigenvalue weighted by Gasteiger charge is -2.21. The van der Waals surface area contributed by atoms with Crippen LogP contribution in [0.25, 0.3) is 0 Å². The van der Waals surface area contributed by atoms with E-state index in [-0.39, 0.29) is 11.8 Å². The lowest BCUT2D eigenvalue weighted by molar-refractivity contribution is -0.125. The number of amides is 1. The Balaban J connectivity index is 1.97. The number of carbonyl (C=O) groups is 1. The summed E-state index contributed by atoms with van der Waals surface area (Å²) < 4.78 is 5.38. The number of piperidine rings is 1. The summed E-state index contributed by atoms with van der Waals surface area (Å²) in [5, 5.41) is 6.17. The van der Waals surface area contributed by atoms with Crippen molar-refractivity contribution in [3.05, 3.63) is 0 Å². The van der Waals surface area contributed by atoms with Crippen LogP contribution in [0.5, 0.6) is 0 Å². The van der Waals surface area contributed by atoms with E-state index < -0.39 is 0 Å². The van der Waals surface area contributed by atoms with Crippen molar-refractivity contribution < 1.29 is 9.53 Å². The second-order valence-electron chi connectivity index (χ2n) is 4.30. The molecule has 0 aromatic heterocycles. The smallest absolute Gasteiger partial charge is 0.224 e. The molecule has 1 saturated heterocycles. The fourth-order valence-electron chi connectivity index (χ4n) is 1.81. The first kappa shape index (κ1) is 13.5. The quantitative estimate of drug-likeness (QED) is 0.637. The average molecular weight is 228 g/mol. The highest BCUT2D eigenvalue weighted by atomic mass is 16.5. The van der Waals surface area contributed by atoms with Gasteiger partial charge in [0.1, 0.15) is 0 Å². The summed E-state index contributed by atoms with van der Waals surface area (Å²) in [6.45, 7) is 6.08. The van der Waals surface area contributed by atoms with Crippen molar-refractivity contribution in [2.75, 3.05) is 32.8 Å². The van der Waals surface area contributed by atoms with Crippen LogP contribution in [0.1, 0.15) is 32.6 Å². The van der Waals surface area contributed by atoms with E-state index in [1.54, 1.807) is 0 Å². The molecule has 4 heteroatoms. The second-order valence-corrected chi connectivity index (χ2v) is 4.30. The van der Waals surface area contributed by atoms with Crippen LogP contribution < -0.4 is 10.6 Å². The number of rotatable bonds is 7. The first-order chi connectivity index (χ1) is 7.84. The Morgan fingerprint density at radius 3 is 3.06 bits per heavy atom. The summed E-state index contributed by atoms with van der Waals surface area (Å²) >= 11 is 0. The number of unbranched alkanes of at least 4 members (excludes halogenated alkanes) is 1. The predicted octanol–water partition coefficient (Wildman–Crippen LogP) is 0.919. The molecule has 94 valence electrons. The van der Waals surface area contributed by atoms with Crippen LogP contribution in [0.2, 0.25) is 0 Å². The molecule has 1 fully saturated rings. The van der Waals surface area contributed by atoms with E-state index in [1.165, 1.54) is 0 Å². The molecule has 16 heavy (non-hydrogen) atoms. The lowest BCUT2D eigenvalue weighted by Crippen LogP contribution is -2.41. The van der Waals surface area contributed by atoms with Crippen LogP contribution in [0.15, 0.2) is 0 Å². The lowest BCUT2D eigenvalue weighted by atomic mass is 9.99. The van der Waals surface area contributed by atoms with Gasteiger partial charge in [-0.1, -0.05) is 13.3 Å². The molecule has 4 nitrogen and oxygen atoms in total. The maximum Gasteiger partial charge on any atom is 0.224 e. The van der Waals surface area contributed by atoms with Crippen LogP contribution in [0.3, 0.4) is 0 Å². The van der Waals surface area contributed by atoms with Gasteiger partial charge in [-0.3, -0.25) is 4.79 Å². The third-order valence-electron chi connectivity index (χ3n) is 2.86. The summed E-state index contributed by atoms with van der Waals surface area (Å²) in [5.41, 5.74) is 0. The Morgan fingerprint density at radius 2 is 2.38 bits per heavy atom.